The zero-order valence-electron chi connectivity index (χ0n) is 29.0. The molecule has 6 aliphatic rings. The standard InChI is InChI=1S/C38H46ClN3O8S/c1-2-47-28-21-41(22-28)36(44)50-33-7-4-17-49-38(15-5-16-38)35(43)40-51(45,46)29-10-13-34-32(19-29)42(20-26-8-11-30(26)33)23-37(24-48-34)14-3-6-25-18-27(39)9-12-31(25)37/h4,7,9-10,12-13,18-19,26,28,30,33H,2-3,5-6,8,11,14-17,20-24H2,1H3,(H,40,43)/b7-4+/t26-,30+,33-,37-/m0/s1. The zero-order chi connectivity index (χ0) is 35.4. The SMILES string of the molecule is CCOC1CN(C(=O)O[C@H]2/C=C/COC3(CCC3)C(=O)NS(=O)(=O)c3ccc4c(c3)N(C[C@@H]3CC[C@H]32)C[C@@]2(CCCc3cc(Cl)ccc32)CO4)C1. The van der Waals surface area contributed by atoms with Gasteiger partial charge in [0.1, 0.15) is 17.5 Å². The number of carbonyl (C=O) groups excluding carboxylic acids is 2. The van der Waals surface area contributed by atoms with Crippen LogP contribution in [0.15, 0.2) is 53.4 Å². The Morgan fingerprint density at radius 3 is 2.67 bits per heavy atom. The lowest BCUT2D eigenvalue weighted by Crippen LogP contribution is -2.56. The number of likely N-dealkylation sites (tertiary alicyclic amines) is 1. The van der Waals surface area contributed by atoms with Crippen molar-refractivity contribution in [3.05, 3.63) is 64.7 Å². The summed E-state index contributed by atoms with van der Waals surface area (Å²) in [6, 6.07) is 11.0. The highest BCUT2D eigenvalue weighted by Crippen LogP contribution is 2.47. The van der Waals surface area contributed by atoms with Crippen LogP contribution >= 0.6 is 11.6 Å². The Kier molecular flexibility index (Phi) is 9.26. The maximum Gasteiger partial charge on any atom is 0.410 e. The van der Waals surface area contributed by atoms with E-state index in [1.165, 1.54) is 17.2 Å². The molecule has 13 heteroatoms. The number of anilines is 1. The average molecular weight is 740 g/mol. The number of hydrogen-bond acceptors (Lipinski definition) is 9. The molecule has 8 rings (SSSR count). The molecule has 11 nitrogen and oxygen atoms in total. The van der Waals surface area contributed by atoms with E-state index in [4.69, 9.17) is 30.5 Å². The van der Waals surface area contributed by atoms with Crippen LogP contribution in [-0.4, -0.2) is 89.1 Å². The van der Waals surface area contributed by atoms with Crippen LogP contribution in [0.4, 0.5) is 10.5 Å². The molecule has 4 atom stereocenters. The van der Waals surface area contributed by atoms with Crippen LogP contribution < -0.4 is 14.4 Å². The number of amides is 2. The molecule has 2 spiro atoms. The number of sulfonamides is 1. The molecule has 3 fully saturated rings. The van der Waals surface area contributed by atoms with Crippen LogP contribution in [0.5, 0.6) is 5.75 Å². The molecule has 274 valence electrons. The Bertz CT molecular complexity index is 1830. The molecule has 2 saturated carbocycles. The van der Waals surface area contributed by atoms with Crippen molar-refractivity contribution in [1.82, 2.24) is 9.62 Å². The fourth-order valence-corrected chi connectivity index (χ4v) is 10.0. The second-order valence-electron chi connectivity index (χ2n) is 15.1. The van der Waals surface area contributed by atoms with Crippen molar-refractivity contribution in [1.29, 1.82) is 0 Å². The largest absolute Gasteiger partial charge is 0.490 e. The predicted molar refractivity (Wildman–Crippen MR) is 191 cm³/mol. The third kappa shape index (κ3) is 6.51. The van der Waals surface area contributed by atoms with Gasteiger partial charge < -0.3 is 28.7 Å². The lowest BCUT2D eigenvalue weighted by Gasteiger charge is -2.46. The first kappa shape index (κ1) is 34.7. The summed E-state index contributed by atoms with van der Waals surface area (Å²) in [5.41, 5.74) is 1.51. The van der Waals surface area contributed by atoms with E-state index in [-0.39, 0.29) is 41.0 Å². The third-order valence-electron chi connectivity index (χ3n) is 12.0. The van der Waals surface area contributed by atoms with Gasteiger partial charge in [-0.1, -0.05) is 23.7 Å². The van der Waals surface area contributed by atoms with Crippen LogP contribution in [0.25, 0.3) is 0 Å². The van der Waals surface area contributed by atoms with Gasteiger partial charge in [0.2, 0.25) is 0 Å². The minimum absolute atomic E-state index is 0.00619. The summed E-state index contributed by atoms with van der Waals surface area (Å²) in [5, 5.41) is 0.706. The molecular weight excluding hydrogens is 694 g/mol. The minimum atomic E-state index is -4.22. The minimum Gasteiger partial charge on any atom is -0.490 e. The quantitative estimate of drug-likeness (QED) is 0.414. The van der Waals surface area contributed by atoms with Gasteiger partial charge in [0, 0.05) is 36.1 Å². The Balaban J connectivity index is 1.16. The van der Waals surface area contributed by atoms with E-state index in [1.54, 1.807) is 23.1 Å². The van der Waals surface area contributed by atoms with E-state index in [0.717, 1.165) is 38.5 Å². The molecular formula is C38H46ClN3O8S. The van der Waals surface area contributed by atoms with E-state index in [2.05, 4.69) is 21.8 Å². The fourth-order valence-electron chi connectivity index (χ4n) is 8.79. The number of hydrogen-bond donors (Lipinski definition) is 1. The van der Waals surface area contributed by atoms with Crippen molar-refractivity contribution in [2.24, 2.45) is 11.8 Å². The number of fused-ring (bicyclic) bond motifs is 4. The van der Waals surface area contributed by atoms with Gasteiger partial charge in [-0.3, -0.25) is 4.79 Å². The van der Waals surface area contributed by atoms with Gasteiger partial charge in [-0.15, -0.1) is 0 Å². The summed E-state index contributed by atoms with van der Waals surface area (Å²) >= 11 is 6.45. The van der Waals surface area contributed by atoms with Crippen LogP contribution in [0.2, 0.25) is 5.02 Å². The number of ether oxygens (including phenoxy) is 4. The van der Waals surface area contributed by atoms with Gasteiger partial charge in [0.25, 0.3) is 15.9 Å². The Hall–Kier alpha value is -3.32. The van der Waals surface area contributed by atoms with Gasteiger partial charge in [-0.25, -0.2) is 17.9 Å². The Labute approximate surface area is 304 Å². The summed E-state index contributed by atoms with van der Waals surface area (Å²) in [6.07, 6.45) is 9.08. The van der Waals surface area contributed by atoms with Gasteiger partial charge in [-0.2, -0.15) is 0 Å². The van der Waals surface area contributed by atoms with Crippen molar-refractivity contribution in [3.63, 3.8) is 0 Å². The van der Waals surface area contributed by atoms with Crippen molar-refractivity contribution < 1.29 is 37.0 Å². The van der Waals surface area contributed by atoms with Crippen molar-refractivity contribution in [2.45, 2.75) is 86.4 Å². The van der Waals surface area contributed by atoms with Crippen LogP contribution in [0, 0.1) is 11.8 Å². The number of aryl methyl sites for hydroxylation is 1. The average Bonchev–Trinajstić information content (AvgIpc) is 3.19. The number of carbonyl (C=O) groups is 2. The van der Waals surface area contributed by atoms with Gasteiger partial charge in [0.05, 0.1) is 43.0 Å². The van der Waals surface area contributed by atoms with Crippen LogP contribution in [0.3, 0.4) is 0 Å². The smallest absolute Gasteiger partial charge is 0.410 e. The first-order valence-corrected chi connectivity index (χ1v) is 20.2. The first-order valence-electron chi connectivity index (χ1n) is 18.3. The maximum absolute atomic E-state index is 13.8. The molecule has 2 aromatic rings. The maximum atomic E-state index is 13.8. The summed E-state index contributed by atoms with van der Waals surface area (Å²) in [6.45, 7) is 5.29. The summed E-state index contributed by atoms with van der Waals surface area (Å²) < 4.78 is 54.4. The van der Waals surface area contributed by atoms with Crippen LogP contribution in [0.1, 0.15) is 63.0 Å². The van der Waals surface area contributed by atoms with E-state index in [1.807, 2.05) is 19.1 Å². The topological polar surface area (TPSA) is 124 Å². The Morgan fingerprint density at radius 1 is 1.08 bits per heavy atom. The third-order valence-corrected chi connectivity index (χ3v) is 13.6. The van der Waals surface area contributed by atoms with E-state index >= 15 is 0 Å². The summed E-state index contributed by atoms with van der Waals surface area (Å²) in [7, 11) is -4.22. The molecule has 1 saturated heterocycles. The summed E-state index contributed by atoms with van der Waals surface area (Å²) in [5.74, 6) is 0.120. The molecule has 0 unspecified atom stereocenters. The molecule has 51 heavy (non-hydrogen) atoms. The second kappa shape index (κ2) is 13.6. The first-order chi connectivity index (χ1) is 24.6. The van der Waals surface area contributed by atoms with Gasteiger partial charge in [-0.05, 0) is 112 Å². The van der Waals surface area contributed by atoms with Gasteiger partial charge in [0.15, 0.2) is 0 Å². The molecule has 0 radical (unpaired) electrons. The number of nitrogens with one attached hydrogen (secondary N) is 1. The van der Waals surface area contributed by atoms with E-state index < -0.39 is 27.6 Å². The molecule has 1 N–H and O–H groups in total. The zero-order valence-corrected chi connectivity index (χ0v) is 30.6. The number of nitrogens with zero attached hydrogens (tertiary/aromatic N) is 2. The van der Waals surface area contributed by atoms with Crippen molar-refractivity contribution in [2.75, 3.05) is 50.9 Å². The lowest BCUT2D eigenvalue weighted by atomic mass is 9.68. The molecule has 3 heterocycles. The molecule has 2 amide bonds. The lowest BCUT2D eigenvalue weighted by molar-refractivity contribution is -0.155. The highest BCUT2D eigenvalue weighted by Gasteiger charge is 2.48. The number of benzene rings is 2. The molecule has 2 aromatic carbocycles. The van der Waals surface area contributed by atoms with Gasteiger partial charge >= 0.3 is 6.09 Å². The monoisotopic (exact) mass is 739 g/mol. The number of halogens is 1. The Morgan fingerprint density at radius 2 is 1.92 bits per heavy atom. The molecule has 2 bridgehead atoms. The second-order valence-corrected chi connectivity index (χ2v) is 17.2. The van der Waals surface area contributed by atoms with E-state index in [9.17, 15) is 18.0 Å². The highest BCUT2D eigenvalue weighted by atomic mass is 35.5. The van der Waals surface area contributed by atoms with Crippen LogP contribution in [-0.2, 0) is 40.9 Å². The number of rotatable bonds is 3. The normalized spacial score (nSPS) is 30.3. The molecule has 0 aromatic heterocycles. The van der Waals surface area contributed by atoms with Crippen molar-refractivity contribution in [3.8, 4) is 5.75 Å². The summed E-state index contributed by atoms with van der Waals surface area (Å²) in [4.78, 5) is 30.9. The molecule has 3 aliphatic heterocycles. The van der Waals surface area contributed by atoms with Crippen molar-refractivity contribution >= 4 is 39.3 Å². The van der Waals surface area contributed by atoms with E-state index in [0.29, 0.717) is 68.7 Å². The highest BCUT2D eigenvalue weighted by molar-refractivity contribution is 7.90. The predicted octanol–water partition coefficient (Wildman–Crippen LogP) is 5.38. The fraction of sp³-hybridized carbons (Fsp3) is 0.579. The molecule has 3 aliphatic carbocycles.